The maximum Gasteiger partial charge on any atom is 0.128 e. The first kappa shape index (κ1) is 9.59. The van der Waals surface area contributed by atoms with Crippen LogP contribution < -0.4 is 5.73 Å². The molecule has 2 rings (SSSR count). The van der Waals surface area contributed by atoms with Gasteiger partial charge in [-0.3, -0.25) is 0 Å². The van der Waals surface area contributed by atoms with Crippen LogP contribution in [0.3, 0.4) is 0 Å². The molecule has 0 amide bonds. The van der Waals surface area contributed by atoms with E-state index in [2.05, 4.69) is 0 Å². The SMILES string of the molecule is NC1(c2cc(F)ccc2F)CCCC1. The van der Waals surface area contributed by atoms with Crippen LogP contribution in [-0.4, -0.2) is 0 Å². The molecule has 0 heterocycles. The van der Waals surface area contributed by atoms with E-state index in [-0.39, 0.29) is 0 Å². The minimum atomic E-state index is -0.647. The lowest BCUT2D eigenvalue weighted by Crippen LogP contribution is -2.34. The maximum atomic E-state index is 13.4. The highest BCUT2D eigenvalue weighted by Crippen LogP contribution is 2.37. The molecule has 1 nitrogen and oxygen atoms in total. The molecule has 0 spiro atoms. The highest BCUT2D eigenvalue weighted by molar-refractivity contribution is 5.27. The Morgan fingerprint density at radius 1 is 1.14 bits per heavy atom. The van der Waals surface area contributed by atoms with E-state index in [4.69, 9.17) is 5.73 Å². The molecule has 0 atom stereocenters. The minimum absolute atomic E-state index is 0.329. The molecule has 1 aliphatic rings. The smallest absolute Gasteiger partial charge is 0.128 e. The Morgan fingerprint density at radius 3 is 2.43 bits per heavy atom. The van der Waals surface area contributed by atoms with Crippen molar-refractivity contribution in [3.05, 3.63) is 35.4 Å². The second-order valence-electron chi connectivity index (χ2n) is 3.99. The third kappa shape index (κ3) is 1.52. The summed E-state index contributed by atoms with van der Waals surface area (Å²) in [6, 6.07) is 3.50. The molecule has 0 radical (unpaired) electrons. The van der Waals surface area contributed by atoms with Crippen LogP contribution in [0.4, 0.5) is 8.78 Å². The van der Waals surface area contributed by atoms with Gasteiger partial charge >= 0.3 is 0 Å². The first-order chi connectivity index (χ1) is 6.62. The second kappa shape index (κ2) is 3.31. The largest absolute Gasteiger partial charge is 0.321 e. The van der Waals surface area contributed by atoms with Crippen LogP contribution in [-0.2, 0) is 5.54 Å². The van der Waals surface area contributed by atoms with E-state index in [1.165, 1.54) is 6.07 Å². The Balaban J connectivity index is 2.44. The molecule has 0 aromatic heterocycles. The van der Waals surface area contributed by atoms with Crippen molar-refractivity contribution in [1.82, 2.24) is 0 Å². The van der Waals surface area contributed by atoms with Crippen LogP contribution in [0.5, 0.6) is 0 Å². The minimum Gasteiger partial charge on any atom is -0.321 e. The summed E-state index contributed by atoms with van der Waals surface area (Å²) in [7, 11) is 0. The Hall–Kier alpha value is -0.960. The number of benzene rings is 1. The van der Waals surface area contributed by atoms with Gasteiger partial charge in [0.15, 0.2) is 0 Å². The summed E-state index contributed by atoms with van der Waals surface area (Å²) in [5.41, 5.74) is 5.73. The highest BCUT2D eigenvalue weighted by Gasteiger charge is 2.33. The van der Waals surface area contributed by atoms with E-state index in [0.717, 1.165) is 37.8 Å². The fourth-order valence-corrected chi connectivity index (χ4v) is 2.15. The van der Waals surface area contributed by atoms with E-state index in [1.807, 2.05) is 0 Å². The molecule has 0 bridgehead atoms. The van der Waals surface area contributed by atoms with Gasteiger partial charge in [0, 0.05) is 11.1 Å². The van der Waals surface area contributed by atoms with Crippen LogP contribution in [0.25, 0.3) is 0 Å². The molecule has 1 aromatic rings. The van der Waals surface area contributed by atoms with Crippen molar-refractivity contribution in [2.45, 2.75) is 31.2 Å². The number of hydrogen-bond donors (Lipinski definition) is 1. The third-order valence-electron chi connectivity index (χ3n) is 2.96. The summed E-state index contributed by atoms with van der Waals surface area (Å²) in [5.74, 6) is -0.811. The average molecular weight is 197 g/mol. The van der Waals surface area contributed by atoms with Crippen LogP contribution in [0.15, 0.2) is 18.2 Å². The van der Waals surface area contributed by atoms with E-state index in [1.54, 1.807) is 0 Å². The highest BCUT2D eigenvalue weighted by atomic mass is 19.1. The number of halogens is 2. The quantitative estimate of drug-likeness (QED) is 0.736. The summed E-state index contributed by atoms with van der Waals surface area (Å²) in [6.07, 6.45) is 3.47. The van der Waals surface area contributed by atoms with Crippen molar-refractivity contribution < 1.29 is 8.78 Å². The predicted octanol–water partition coefficient (Wildman–Crippen LogP) is 2.69. The Labute approximate surface area is 81.9 Å². The van der Waals surface area contributed by atoms with Crippen molar-refractivity contribution in [2.75, 3.05) is 0 Å². The van der Waals surface area contributed by atoms with Crippen molar-refractivity contribution >= 4 is 0 Å². The van der Waals surface area contributed by atoms with Gasteiger partial charge in [-0.2, -0.15) is 0 Å². The molecule has 2 N–H and O–H groups in total. The van der Waals surface area contributed by atoms with Crippen molar-refractivity contribution in [3.63, 3.8) is 0 Å². The second-order valence-corrected chi connectivity index (χ2v) is 3.99. The van der Waals surface area contributed by atoms with Gasteiger partial charge in [0.1, 0.15) is 11.6 Å². The van der Waals surface area contributed by atoms with Crippen molar-refractivity contribution in [2.24, 2.45) is 5.73 Å². The fraction of sp³-hybridized carbons (Fsp3) is 0.455. The van der Waals surface area contributed by atoms with Gasteiger partial charge in [0.05, 0.1) is 0 Å². The lowest BCUT2D eigenvalue weighted by molar-refractivity contribution is 0.428. The van der Waals surface area contributed by atoms with Gasteiger partial charge in [-0.1, -0.05) is 12.8 Å². The van der Waals surface area contributed by atoms with Gasteiger partial charge in [-0.05, 0) is 31.0 Å². The summed E-state index contributed by atoms with van der Waals surface area (Å²) >= 11 is 0. The Bertz CT molecular complexity index is 343. The maximum absolute atomic E-state index is 13.4. The predicted molar refractivity (Wildman–Crippen MR) is 50.7 cm³/mol. The Morgan fingerprint density at radius 2 is 1.79 bits per heavy atom. The summed E-state index contributed by atoms with van der Waals surface area (Å²) in [4.78, 5) is 0. The van der Waals surface area contributed by atoms with Gasteiger partial charge in [-0.25, -0.2) is 8.78 Å². The molecule has 14 heavy (non-hydrogen) atoms. The summed E-state index contributed by atoms with van der Waals surface area (Å²) in [6.45, 7) is 0. The molecule has 0 saturated heterocycles. The molecule has 1 aliphatic carbocycles. The van der Waals surface area contributed by atoms with Crippen molar-refractivity contribution in [1.29, 1.82) is 0 Å². The molecular formula is C11H13F2N. The van der Waals surface area contributed by atoms with Gasteiger partial charge in [0.25, 0.3) is 0 Å². The molecule has 76 valence electrons. The number of rotatable bonds is 1. The number of hydrogen-bond acceptors (Lipinski definition) is 1. The third-order valence-corrected chi connectivity index (χ3v) is 2.96. The van der Waals surface area contributed by atoms with Crippen LogP contribution >= 0.6 is 0 Å². The van der Waals surface area contributed by atoms with Gasteiger partial charge in [-0.15, -0.1) is 0 Å². The molecule has 1 saturated carbocycles. The average Bonchev–Trinajstić information content (AvgIpc) is 2.58. The van der Waals surface area contributed by atoms with Crippen molar-refractivity contribution in [3.8, 4) is 0 Å². The van der Waals surface area contributed by atoms with E-state index in [9.17, 15) is 8.78 Å². The molecule has 3 heteroatoms. The molecule has 0 unspecified atom stereocenters. The van der Waals surface area contributed by atoms with Crippen LogP contribution in [0, 0.1) is 11.6 Å². The first-order valence-electron chi connectivity index (χ1n) is 4.86. The summed E-state index contributed by atoms with van der Waals surface area (Å²) in [5, 5.41) is 0. The topological polar surface area (TPSA) is 26.0 Å². The van der Waals surface area contributed by atoms with Crippen LogP contribution in [0.1, 0.15) is 31.2 Å². The monoisotopic (exact) mass is 197 g/mol. The molecule has 0 aliphatic heterocycles. The van der Waals surface area contributed by atoms with Gasteiger partial charge < -0.3 is 5.73 Å². The van der Waals surface area contributed by atoms with E-state index >= 15 is 0 Å². The zero-order valence-electron chi connectivity index (χ0n) is 7.89. The van der Waals surface area contributed by atoms with Crippen LogP contribution in [0.2, 0.25) is 0 Å². The molecular weight excluding hydrogens is 184 g/mol. The summed E-state index contributed by atoms with van der Waals surface area (Å²) < 4.78 is 26.4. The van der Waals surface area contributed by atoms with E-state index < -0.39 is 17.2 Å². The standard InChI is InChI=1S/C11H13F2N/c12-8-3-4-10(13)9(7-8)11(14)5-1-2-6-11/h3-4,7H,1-2,5-6,14H2. The first-order valence-corrected chi connectivity index (χ1v) is 4.86. The lowest BCUT2D eigenvalue weighted by Gasteiger charge is -2.24. The van der Waals surface area contributed by atoms with Gasteiger partial charge in [0.2, 0.25) is 0 Å². The van der Waals surface area contributed by atoms with E-state index in [0.29, 0.717) is 5.56 Å². The zero-order chi connectivity index (χ0) is 10.2. The number of nitrogens with two attached hydrogens (primary N) is 1. The Kier molecular flexibility index (Phi) is 2.27. The molecule has 1 aromatic carbocycles. The lowest BCUT2D eigenvalue weighted by atomic mass is 9.89. The molecule has 1 fully saturated rings. The zero-order valence-corrected chi connectivity index (χ0v) is 7.89. The normalized spacial score (nSPS) is 19.9. The fourth-order valence-electron chi connectivity index (χ4n) is 2.15.